The highest BCUT2D eigenvalue weighted by Crippen LogP contribution is 2.29. The highest BCUT2D eigenvalue weighted by molar-refractivity contribution is 7.15. The number of para-hydroxylation sites is 1. The first-order valence-corrected chi connectivity index (χ1v) is 12.0. The van der Waals surface area contributed by atoms with Crippen molar-refractivity contribution >= 4 is 28.4 Å². The lowest BCUT2D eigenvalue weighted by molar-refractivity contribution is 0.259. The van der Waals surface area contributed by atoms with Crippen LogP contribution in [0.15, 0.2) is 63.7 Å². The van der Waals surface area contributed by atoms with Gasteiger partial charge in [0.1, 0.15) is 23.3 Å². The first kappa shape index (κ1) is 22.0. The van der Waals surface area contributed by atoms with Crippen molar-refractivity contribution in [2.24, 2.45) is 0 Å². The summed E-state index contributed by atoms with van der Waals surface area (Å²) >= 11 is 1.15. The van der Waals surface area contributed by atoms with Crippen LogP contribution in [0.1, 0.15) is 37.1 Å². The third kappa shape index (κ3) is 4.36. The Hall–Kier alpha value is -3.78. The van der Waals surface area contributed by atoms with Crippen molar-refractivity contribution in [2.45, 2.75) is 32.8 Å². The molecule has 1 aliphatic rings. The number of benzene rings is 2. The lowest BCUT2D eigenvalue weighted by Crippen LogP contribution is -2.29. The minimum Gasteiger partial charge on any atom is -0.494 e. The fourth-order valence-corrected chi connectivity index (χ4v) is 4.65. The molecule has 7 nitrogen and oxygen atoms in total. The van der Waals surface area contributed by atoms with Crippen LogP contribution in [0.3, 0.4) is 0 Å². The van der Waals surface area contributed by atoms with Gasteiger partial charge in [-0.2, -0.15) is 14.6 Å². The number of hydrogen-bond donors (Lipinski definition) is 0. The third-order valence-electron chi connectivity index (χ3n) is 5.53. The van der Waals surface area contributed by atoms with Crippen LogP contribution in [0.2, 0.25) is 0 Å². The first-order chi connectivity index (χ1) is 16.5. The fraction of sp³-hybridized carbons (Fsp3) is 0.231. The van der Waals surface area contributed by atoms with E-state index in [4.69, 9.17) is 9.47 Å². The van der Waals surface area contributed by atoms with Gasteiger partial charge in [-0.05, 0) is 54.8 Å². The molecule has 1 aliphatic heterocycles. The molecule has 0 fully saturated rings. The molecular weight excluding hydrogens is 450 g/mol. The SMILES string of the molecule is CCCOc1ccc(Cc2nn3c(=O)c(=CC4=Cc5ccccc5OC4C)sc3nc2=O)cc1. The van der Waals surface area contributed by atoms with Crippen molar-refractivity contribution < 1.29 is 9.47 Å². The number of aromatic nitrogens is 3. The molecule has 0 saturated heterocycles. The molecule has 4 aromatic rings. The van der Waals surface area contributed by atoms with Crippen LogP contribution in [0.5, 0.6) is 11.5 Å². The Bertz CT molecular complexity index is 1550. The molecule has 1 unspecified atom stereocenters. The maximum Gasteiger partial charge on any atom is 0.296 e. The molecule has 2 aromatic carbocycles. The van der Waals surface area contributed by atoms with Gasteiger partial charge in [-0.1, -0.05) is 48.6 Å². The van der Waals surface area contributed by atoms with E-state index in [1.54, 1.807) is 6.08 Å². The lowest BCUT2D eigenvalue weighted by Gasteiger charge is -2.22. The van der Waals surface area contributed by atoms with Gasteiger partial charge in [0.15, 0.2) is 0 Å². The number of nitrogens with zero attached hydrogens (tertiary/aromatic N) is 3. The summed E-state index contributed by atoms with van der Waals surface area (Å²) in [5, 5.41) is 4.35. The largest absolute Gasteiger partial charge is 0.494 e. The van der Waals surface area contributed by atoms with Gasteiger partial charge in [-0.25, -0.2) is 0 Å². The quantitative estimate of drug-likeness (QED) is 0.428. The number of hydrogen-bond acceptors (Lipinski definition) is 7. The number of rotatable bonds is 6. The van der Waals surface area contributed by atoms with Gasteiger partial charge >= 0.3 is 0 Å². The average molecular weight is 474 g/mol. The Labute approximate surface area is 199 Å². The summed E-state index contributed by atoms with van der Waals surface area (Å²) in [5.74, 6) is 1.59. The predicted octanol–water partition coefficient (Wildman–Crippen LogP) is 3.25. The van der Waals surface area contributed by atoms with Crippen LogP contribution in [0.25, 0.3) is 17.1 Å². The van der Waals surface area contributed by atoms with Crippen LogP contribution in [-0.2, 0) is 6.42 Å². The van der Waals surface area contributed by atoms with Gasteiger partial charge in [-0.3, -0.25) is 9.59 Å². The van der Waals surface area contributed by atoms with Crippen molar-refractivity contribution in [3.05, 3.63) is 96.2 Å². The standard InChI is InChI=1S/C26H23N3O4S/c1-3-12-32-20-10-8-17(9-11-20)13-21-24(30)27-26-29(28-21)25(31)23(34-26)15-19-14-18-6-4-5-7-22(18)33-16(19)2/h4-11,14-16H,3,12-13H2,1-2H3. The van der Waals surface area contributed by atoms with E-state index in [0.717, 1.165) is 46.0 Å². The summed E-state index contributed by atoms with van der Waals surface area (Å²) in [6.45, 7) is 4.64. The van der Waals surface area contributed by atoms with E-state index in [9.17, 15) is 9.59 Å². The molecule has 3 heterocycles. The molecule has 0 amide bonds. The van der Waals surface area contributed by atoms with Gasteiger partial charge in [0.25, 0.3) is 11.1 Å². The second kappa shape index (κ2) is 9.23. The van der Waals surface area contributed by atoms with E-state index in [1.807, 2.05) is 68.5 Å². The lowest BCUT2D eigenvalue weighted by atomic mass is 10.0. The molecule has 5 rings (SSSR count). The van der Waals surface area contributed by atoms with Crippen LogP contribution in [-0.4, -0.2) is 27.3 Å². The van der Waals surface area contributed by atoms with Gasteiger partial charge in [0.2, 0.25) is 4.96 Å². The van der Waals surface area contributed by atoms with Crippen LogP contribution >= 0.6 is 11.3 Å². The van der Waals surface area contributed by atoms with Gasteiger partial charge in [0, 0.05) is 12.0 Å². The molecule has 34 heavy (non-hydrogen) atoms. The van der Waals surface area contributed by atoms with Gasteiger partial charge in [-0.15, -0.1) is 0 Å². The zero-order chi connectivity index (χ0) is 23.7. The van der Waals surface area contributed by atoms with Crippen LogP contribution < -0.4 is 25.1 Å². The summed E-state index contributed by atoms with van der Waals surface area (Å²) in [5.41, 5.74) is 2.21. The molecule has 0 bridgehead atoms. The monoisotopic (exact) mass is 473 g/mol. The summed E-state index contributed by atoms with van der Waals surface area (Å²) in [6, 6.07) is 15.3. The second-order valence-corrected chi connectivity index (χ2v) is 9.09. The number of thiazole rings is 1. The highest BCUT2D eigenvalue weighted by Gasteiger charge is 2.18. The molecule has 0 saturated carbocycles. The molecule has 8 heteroatoms. The number of ether oxygens (including phenoxy) is 2. The summed E-state index contributed by atoms with van der Waals surface area (Å²) in [6.07, 6.45) is 4.81. The zero-order valence-electron chi connectivity index (χ0n) is 18.9. The molecule has 1 atom stereocenters. The topological polar surface area (TPSA) is 82.8 Å². The molecule has 2 aromatic heterocycles. The molecule has 0 radical (unpaired) electrons. The van der Waals surface area contributed by atoms with Gasteiger partial charge < -0.3 is 9.47 Å². The number of fused-ring (bicyclic) bond motifs is 2. The van der Waals surface area contributed by atoms with E-state index >= 15 is 0 Å². The predicted molar refractivity (Wildman–Crippen MR) is 133 cm³/mol. The van der Waals surface area contributed by atoms with Crippen LogP contribution in [0, 0.1) is 0 Å². The third-order valence-corrected chi connectivity index (χ3v) is 6.49. The minimum atomic E-state index is -0.429. The van der Waals surface area contributed by atoms with E-state index in [2.05, 4.69) is 10.1 Å². The Kier molecular flexibility index (Phi) is 5.98. The van der Waals surface area contributed by atoms with Crippen molar-refractivity contribution in [1.82, 2.24) is 14.6 Å². The Morgan fingerprint density at radius 3 is 2.74 bits per heavy atom. The molecular formula is C26H23N3O4S. The highest BCUT2D eigenvalue weighted by atomic mass is 32.1. The van der Waals surface area contributed by atoms with Crippen molar-refractivity contribution in [3.8, 4) is 11.5 Å². The molecule has 172 valence electrons. The zero-order valence-corrected chi connectivity index (χ0v) is 19.7. The van der Waals surface area contributed by atoms with E-state index in [1.165, 1.54) is 4.52 Å². The van der Waals surface area contributed by atoms with E-state index in [0.29, 0.717) is 11.1 Å². The Balaban J connectivity index is 1.48. The second-order valence-electron chi connectivity index (χ2n) is 8.09. The maximum absolute atomic E-state index is 13.1. The van der Waals surface area contributed by atoms with Crippen molar-refractivity contribution in [3.63, 3.8) is 0 Å². The first-order valence-electron chi connectivity index (χ1n) is 11.2. The van der Waals surface area contributed by atoms with Gasteiger partial charge in [0.05, 0.1) is 11.1 Å². The van der Waals surface area contributed by atoms with Crippen LogP contribution in [0.4, 0.5) is 0 Å². The maximum atomic E-state index is 13.1. The smallest absolute Gasteiger partial charge is 0.296 e. The Morgan fingerprint density at radius 1 is 1.15 bits per heavy atom. The Morgan fingerprint density at radius 2 is 1.94 bits per heavy atom. The summed E-state index contributed by atoms with van der Waals surface area (Å²) in [7, 11) is 0. The van der Waals surface area contributed by atoms with Crippen molar-refractivity contribution in [1.29, 1.82) is 0 Å². The summed E-state index contributed by atoms with van der Waals surface area (Å²) in [4.78, 5) is 30.1. The fourth-order valence-electron chi connectivity index (χ4n) is 3.74. The molecule has 0 spiro atoms. The average Bonchev–Trinajstić information content (AvgIpc) is 3.13. The summed E-state index contributed by atoms with van der Waals surface area (Å²) < 4.78 is 13.2. The van der Waals surface area contributed by atoms with Crippen molar-refractivity contribution in [2.75, 3.05) is 6.61 Å². The van der Waals surface area contributed by atoms with E-state index < -0.39 is 5.56 Å². The molecule has 0 aliphatic carbocycles. The minimum absolute atomic E-state index is 0.208. The molecule has 0 N–H and O–H groups in total. The van der Waals surface area contributed by atoms with E-state index in [-0.39, 0.29) is 28.7 Å². The normalized spacial score (nSPS) is 15.6.